The van der Waals surface area contributed by atoms with E-state index >= 15 is 0 Å². The van der Waals surface area contributed by atoms with Crippen molar-refractivity contribution in [2.75, 3.05) is 5.32 Å². The van der Waals surface area contributed by atoms with E-state index < -0.39 is 24.1 Å². The monoisotopic (exact) mass is 458 g/mol. The highest BCUT2D eigenvalue weighted by molar-refractivity contribution is 9.10. The number of nitrogens with one attached hydrogen (secondary N) is 1. The van der Waals surface area contributed by atoms with E-state index in [-0.39, 0.29) is 5.82 Å². The molecule has 0 fully saturated rings. The molecule has 1 heterocycles. The molecule has 0 saturated heterocycles. The van der Waals surface area contributed by atoms with E-state index in [4.69, 9.17) is 14.0 Å². The number of benzene rings is 2. The van der Waals surface area contributed by atoms with Gasteiger partial charge in [0.2, 0.25) is 6.10 Å². The van der Waals surface area contributed by atoms with Crippen LogP contribution in [0.5, 0.6) is 5.75 Å². The minimum absolute atomic E-state index is 0.239. The number of anilines is 1. The number of esters is 1. The van der Waals surface area contributed by atoms with Gasteiger partial charge in [-0.2, -0.15) is 0 Å². The lowest BCUT2D eigenvalue weighted by molar-refractivity contribution is -0.161. The second-order valence-electron chi connectivity index (χ2n) is 6.25. The highest BCUT2D eigenvalue weighted by atomic mass is 79.9. The van der Waals surface area contributed by atoms with Gasteiger partial charge in [-0.1, -0.05) is 51.4 Å². The SMILES string of the molecule is Cc1cc(NC(=O)[C@@H](OC(=O)[C@H](C)Oc2ccc(Br)cc2)c2ccccc2)no1. The zero-order chi connectivity index (χ0) is 20.8. The van der Waals surface area contributed by atoms with Gasteiger partial charge in [0.15, 0.2) is 11.9 Å². The van der Waals surface area contributed by atoms with Crippen molar-refractivity contribution in [2.45, 2.75) is 26.1 Å². The van der Waals surface area contributed by atoms with Crippen molar-refractivity contribution in [2.24, 2.45) is 0 Å². The van der Waals surface area contributed by atoms with Crippen LogP contribution in [0.2, 0.25) is 0 Å². The maximum Gasteiger partial charge on any atom is 0.348 e. The Morgan fingerprint density at radius 1 is 1.10 bits per heavy atom. The largest absolute Gasteiger partial charge is 0.479 e. The number of hydrogen-bond acceptors (Lipinski definition) is 6. The Balaban J connectivity index is 1.72. The first-order chi connectivity index (χ1) is 13.9. The minimum atomic E-state index is -1.17. The van der Waals surface area contributed by atoms with Crippen LogP contribution in [0.25, 0.3) is 0 Å². The van der Waals surface area contributed by atoms with Crippen molar-refractivity contribution in [1.29, 1.82) is 0 Å². The molecule has 3 aromatic rings. The highest BCUT2D eigenvalue weighted by Crippen LogP contribution is 2.22. The summed E-state index contributed by atoms with van der Waals surface area (Å²) in [5.41, 5.74) is 0.523. The van der Waals surface area contributed by atoms with Crippen LogP contribution in [0.3, 0.4) is 0 Å². The van der Waals surface area contributed by atoms with Crippen LogP contribution < -0.4 is 10.1 Å². The van der Waals surface area contributed by atoms with Crippen LogP contribution in [0.4, 0.5) is 5.82 Å². The molecule has 0 saturated carbocycles. The topological polar surface area (TPSA) is 90.7 Å². The van der Waals surface area contributed by atoms with Gasteiger partial charge in [0.1, 0.15) is 11.5 Å². The zero-order valence-electron chi connectivity index (χ0n) is 15.8. The Kier molecular flexibility index (Phi) is 6.66. The third-order valence-corrected chi connectivity index (χ3v) is 4.44. The Morgan fingerprint density at radius 3 is 2.41 bits per heavy atom. The molecule has 1 aromatic heterocycles. The molecule has 0 aliphatic rings. The molecule has 1 amide bonds. The first kappa shape index (κ1) is 20.6. The Labute approximate surface area is 176 Å². The molecular weight excluding hydrogens is 440 g/mol. The van der Waals surface area contributed by atoms with Gasteiger partial charge < -0.3 is 19.3 Å². The summed E-state index contributed by atoms with van der Waals surface area (Å²) < 4.78 is 16.9. The molecule has 0 unspecified atom stereocenters. The number of rotatable bonds is 7. The lowest BCUT2D eigenvalue weighted by atomic mass is 10.1. The van der Waals surface area contributed by atoms with E-state index in [9.17, 15) is 9.59 Å². The number of amides is 1. The van der Waals surface area contributed by atoms with Gasteiger partial charge in [-0.05, 0) is 38.1 Å². The third kappa shape index (κ3) is 5.68. The predicted molar refractivity (Wildman–Crippen MR) is 109 cm³/mol. The van der Waals surface area contributed by atoms with Crippen LogP contribution in [0.15, 0.2) is 69.7 Å². The Morgan fingerprint density at radius 2 is 1.79 bits per heavy atom. The van der Waals surface area contributed by atoms with Crippen molar-refractivity contribution < 1.29 is 23.6 Å². The quantitative estimate of drug-likeness (QED) is 0.526. The van der Waals surface area contributed by atoms with E-state index in [1.165, 1.54) is 0 Å². The Bertz CT molecular complexity index is 972. The number of hydrogen-bond donors (Lipinski definition) is 1. The van der Waals surface area contributed by atoms with E-state index in [0.717, 1.165) is 4.47 Å². The number of nitrogens with zero attached hydrogens (tertiary/aromatic N) is 1. The summed E-state index contributed by atoms with van der Waals surface area (Å²) in [5.74, 6) is 0.0760. The van der Waals surface area contributed by atoms with Gasteiger partial charge in [0.25, 0.3) is 5.91 Å². The van der Waals surface area contributed by atoms with Gasteiger partial charge in [-0.3, -0.25) is 4.79 Å². The smallest absolute Gasteiger partial charge is 0.348 e. The van der Waals surface area contributed by atoms with Crippen molar-refractivity contribution in [3.63, 3.8) is 0 Å². The lowest BCUT2D eigenvalue weighted by Gasteiger charge is -2.20. The van der Waals surface area contributed by atoms with Gasteiger partial charge in [0.05, 0.1) is 0 Å². The van der Waals surface area contributed by atoms with Crippen LogP contribution in [-0.4, -0.2) is 23.1 Å². The summed E-state index contributed by atoms with van der Waals surface area (Å²) in [7, 11) is 0. The number of aromatic nitrogens is 1. The number of aryl methyl sites for hydroxylation is 1. The van der Waals surface area contributed by atoms with Crippen LogP contribution in [0, 0.1) is 6.92 Å². The molecule has 0 aliphatic carbocycles. The van der Waals surface area contributed by atoms with E-state index in [1.807, 2.05) is 0 Å². The molecule has 0 aliphatic heterocycles. The van der Waals surface area contributed by atoms with Crippen LogP contribution >= 0.6 is 15.9 Å². The first-order valence-corrected chi connectivity index (χ1v) is 9.63. The van der Waals surface area contributed by atoms with Crippen molar-refractivity contribution in [1.82, 2.24) is 5.16 Å². The first-order valence-electron chi connectivity index (χ1n) is 8.84. The fourth-order valence-electron chi connectivity index (χ4n) is 2.50. The number of halogens is 1. The van der Waals surface area contributed by atoms with Crippen molar-refractivity contribution >= 4 is 33.6 Å². The third-order valence-electron chi connectivity index (χ3n) is 3.91. The molecule has 3 rings (SSSR count). The summed E-state index contributed by atoms with van der Waals surface area (Å²) in [6.07, 6.45) is -2.08. The van der Waals surface area contributed by atoms with E-state index in [1.54, 1.807) is 74.5 Å². The molecule has 8 heteroatoms. The summed E-state index contributed by atoms with van der Waals surface area (Å²) in [6.45, 7) is 3.27. The number of carbonyl (C=O) groups is 2. The van der Waals surface area contributed by atoms with Gasteiger partial charge >= 0.3 is 5.97 Å². The summed E-state index contributed by atoms with van der Waals surface area (Å²) in [4.78, 5) is 25.3. The van der Waals surface area contributed by atoms with E-state index in [2.05, 4.69) is 26.4 Å². The fraction of sp³-hybridized carbons (Fsp3) is 0.190. The van der Waals surface area contributed by atoms with Crippen LogP contribution in [-0.2, 0) is 14.3 Å². The maximum absolute atomic E-state index is 12.8. The average Bonchev–Trinajstić information content (AvgIpc) is 3.12. The Hall–Kier alpha value is -3.13. The van der Waals surface area contributed by atoms with Crippen molar-refractivity contribution in [3.05, 3.63) is 76.5 Å². The molecule has 0 spiro atoms. The summed E-state index contributed by atoms with van der Waals surface area (Å²) in [6, 6.07) is 17.3. The molecule has 150 valence electrons. The van der Waals surface area contributed by atoms with Crippen LogP contribution in [0.1, 0.15) is 24.4 Å². The summed E-state index contributed by atoms with van der Waals surface area (Å²) >= 11 is 3.34. The van der Waals surface area contributed by atoms with E-state index in [0.29, 0.717) is 17.1 Å². The number of ether oxygens (including phenoxy) is 2. The molecule has 2 atom stereocenters. The second-order valence-corrected chi connectivity index (χ2v) is 7.17. The molecule has 29 heavy (non-hydrogen) atoms. The molecule has 1 N–H and O–H groups in total. The second kappa shape index (κ2) is 9.38. The van der Waals surface area contributed by atoms with Gasteiger partial charge in [-0.15, -0.1) is 0 Å². The normalized spacial score (nSPS) is 12.7. The highest BCUT2D eigenvalue weighted by Gasteiger charge is 2.29. The maximum atomic E-state index is 12.8. The molecule has 0 bridgehead atoms. The lowest BCUT2D eigenvalue weighted by Crippen LogP contribution is -2.32. The molecule has 2 aromatic carbocycles. The fourth-order valence-corrected chi connectivity index (χ4v) is 2.76. The molecular formula is C21H19BrN2O5. The van der Waals surface area contributed by atoms with Crippen molar-refractivity contribution in [3.8, 4) is 5.75 Å². The average molecular weight is 459 g/mol. The van der Waals surface area contributed by atoms with Gasteiger partial charge in [-0.25, -0.2) is 4.79 Å². The number of carbonyl (C=O) groups excluding carboxylic acids is 2. The standard InChI is InChI=1S/C21H19BrN2O5/c1-13-12-18(24-29-13)23-20(25)19(15-6-4-3-5-7-15)28-21(26)14(2)27-17-10-8-16(22)9-11-17/h3-12,14,19H,1-2H3,(H,23,24,25)/t14-,19-/m0/s1. The molecule has 0 radical (unpaired) electrons. The minimum Gasteiger partial charge on any atom is -0.479 e. The van der Waals surface area contributed by atoms with Gasteiger partial charge in [0, 0.05) is 16.1 Å². The predicted octanol–water partition coefficient (Wildman–Crippen LogP) is 4.44. The molecule has 7 nitrogen and oxygen atoms in total. The summed E-state index contributed by atoms with van der Waals surface area (Å²) in [5, 5.41) is 6.33. The zero-order valence-corrected chi connectivity index (χ0v) is 17.4.